The summed E-state index contributed by atoms with van der Waals surface area (Å²) in [5, 5.41) is 12.1. The molecule has 17 heavy (non-hydrogen) atoms. The number of hydrogen-bond acceptors (Lipinski definition) is 3. The Morgan fingerprint density at radius 2 is 1.88 bits per heavy atom. The van der Waals surface area contributed by atoms with Crippen molar-refractivity contribution in [2.24, 2.45) is 0 Å². The van der Waals surface area contributed by atoms with Crippen molar-refractivity contribution in [1.82, 2.24) is 5.32 Å². The number of aliphatic carboxylic acids is 1. The van der Waals surface area contributed by atoms with Gasteiger partial charge in [0.2, 0.25) is 0 Å². The Balaban J connectivity index is 3.73. The number of nitrogens with one attached hydrogen (secondary N) is 1. The zero-order valence-corrected chi connectivity index (χ0v) is 11.4. The van der Waals surface area contributed by atoms with Gasteiger partial charge in [0, 0.05) is 13.2 Å². The van der Waals surface area contributed by atoms with Gasteiger partial charge in [-0.3, -0.25) is 4.79 Å². The number of likely N-dealkylation sites (N-methyl/N-ethyl adjacent to an activating group) is 1. The summed E-state index contributed by atoms with van der Waals surface area (Å²) in [6.45, 7) is 5.50. The first-order valence-corrected chi connectivity index (χ1v) is 6.63. The van der Waals surface area contributed by atoms with Crippen LogP contribution < -0.4 is 5.32 Å². The third-order valence-corrected chi connectivity index (χ3v) is 3.28. The van der Waals surface area contributed by atoms with Gasteiger partial charge in [-0.1, -0.05) is 26.7 Å². The summed E-state index contributed by atoms with van der Waals surface area (Å²) < 4.78 is 5.48. The van der Waals surface area contributed by atoms with Crippen molar-refractivity contribution >= 4 is 5.97 Å². The van der Waals surface area contributed by atoms with E-state index in [2.05, 4.69) is 12.2 Å². The standard InChI is InChI=1S/C13H27NO3/c1-4-6-7-10-17-11-8-9-13(5-2,14-3)12(15)16/h14H,4-11H2,1-3H3,(H,15,16). The largest absolute Gasteiger partial charge is 0.480 e. The molecule has 0 saturated carbocycles. The van der Waals surface area contributed by atoms with Gasteiger partial charge in [-0.2, -0.15) is 0 Å². The summed E-state index contributed by atoms with van der Waals surface area (Å²) in [6.07, 6.45) is 5.48. The fourth-order valence-electron chi connectivity index (χ4n) is 1.88. The molecule has 0 heterocycles. The second-order valence-corrected chi connectivity index (χ2v) is 4.41. The first kappa shape index (κ1) is 16.4. The maximum atomic E-state index is 11.2. The SMILES string of the molecule is CCCCCOCCCC(CC)(NC)C(=O)O. The van der Waals surface area contributed by atoms with Crippen molar-refractivity contribution in [3.8, 4) is 0 Å². The number of carboxylic acids is 1. The maximum Gasteiger partial charge on any atom is 0.323 e. The minimum atomic E-state index is -0.785. The molecule has 0 saturated heterocycles. The minimum Gasteiger partial charge on any atom is -0.480 e. The number of rotatable bonds is 11. The molecule has 0 bridgehead atoms. The molecule has 0 rings (SSSR count). The maximum absolute atomic E-state index is 11.2. The highest BCUT2D eigenvalue weighted by Crippen LogP contribution is 2.17. The van der Waals surface area contributed by atoms with E-state index in [1.54, 1.807) is 7.05 Å². The lowest BCUT2D eigenvalue weighted by molar-refractivity contribution is -0.145. The summed E-state index contributed by atoms with van der Waals surface area (Å²) in [4.78, 5) is 11.2. The number of hydrogen-bond donors (Lipinski definition) is 2. The first-order chi connectivity index (χ1) is 8.13. The number of carboxylic acid groups (broad SMARTS) is 1. The average molecular weight is 245 g/mol. The predicted molar refractivity (Wildman–Crippen MR) is 69.3 cm³/mol. The van der Waals surface area contributed by atoms with Crippen LogP contribution in [0.2, 0.25) is 0 Å². The van der Waals surface area contributed by atoms with E-state index in [0.717, 1.165) is 19.4 Å². The Morgan fingerprint density at radius 1 is 1.24 bits per heavy atom. The molecule has 0 fully saturated rings. The monoisotopic (exact) mass is 245 g/mol. The Hall–Kier alpha value is -0.610. The van der Waals surface area contributed by atoms with E-state index in [0.29, 0.717) is 19.4 Å². The number of ether oxygens (including phenoxy) is 1. The van der Waals surface area contributed by atoms with Crippen LogP contribution in [0.25, 0.3) is 0 Å². The van der Waals surface area contributed by atoms with E-state index < -0.39 is 11.5 Å². The number of carbonyl (C=O) groups is 1. The normalized spacial score (nSPS) is 14.5. The molecular formula is C13H27NO3. The second-order valence-electron chi connectivity index (χ2n) is 4.41. The zero-order valence-electron chi connectivity index (χ0n) is 11.4. The molecule has 0 aromatic carbocycles. The lowest BCUT2D eigenvalue weighted by Crippen LogP contribution is -2.49. The van der Waals surface area contributed by atoms with Crippen LogP contribution in [0.3, 0.4) is 0 Å². The van der Waals surface area contributed by atoms with E-state index in [1.807, 2.05) is 6.92 Å². The summed E-state index contributed by atoms with van der Waals surface area (Å²) in [6, 6.07) is 0. The van der Waals surface area contributed by atoms with Crippen LogP contribution in [-0.4, -0.2) is 36.9 Å². The quantitative estimate of drug-likeness (QED) is 0.549. The van der Waals surface area contributed by atoms with Gasteiger partial charge < -0.3 is 15.2 Å². The van der Waals surface area contributed by atoms with Crippen LogP contribution in [-0.2, 0) is 9.53 Å². The van der Waals surface area contributed by atoms with E-state index in [9.17, 15) is 9.90 Å². The van der Waals surface area contributed by atoms with Gasteiger partial charge in [-0.05, 0) is 32.7 Å². The Bertz CT molecular complexity index is 203. The van der Waals surface area contributed by atoms with Gasteiger partial charge in [0.15, 0.2) is 0 Å². The Labute approximate surface area is 105 Å². The smallest absolute Gasteiger partial charge is 0.323 e. The minimum absolute atomic E-state index is 0.592. The molecule has 0 aliphatic heterocycles. The fourth-order valence-corrected chi connectivity index (χ4v) is 1.88. The molecule has 0 spiro atoms. The van der Waals surface area contributed by atoms with Gasteiger partial charge in [0.05, 0.1) is 0 Å². The lowest BCUT2D eigenvalue weighted by Gasteiger charge is -2.27. The van der Waals surface area contributed by atoms with Crippen LogP contribution in [0, 0.1) is 0 Å². The van der Waals surface area contributed by atoms with E-state index in [4.69, 9.17) is 4.74 Å². The van der Waals surface area contributed by atoms with Crippen LogP contribution in [0.5, 0.6) is 0 Å². The van der Waals surface area contributed by atoms with Crippen molar-refractivity contribution in [3.63, 3.8) is 0 Å². The van der Waals surface area contributed by atoms with Crippen LogP contribution in [0.4, 0.5) is 0 Å². The third kappa shape index (κ3) is 6.03. The van der Waals surface area contributed by atoms with Crippen molar-refractivity contribution in [2.45, 2.75) is 57.9 Å². The molecule has 4 heteroatoms. The fraction of sp³-hybridized carbons (Fsp3) is 0.923. The van der Waals surface area contributed by atoms with Crippen molar-refractivity contribution in [2.75, 3.05) is 20.3 Å². The summed E-state index contributed by atoms with van der Waals surface area (Å²) in [5.74, 6) is -0.770. The van der Waals surface area contributed by atoms with Gasteiger partial charge in [-0.15, -0.1) is 0 Å². The van der Waals surface area contributed by atoms with Crippen LogP contribution in [0.1, 0.15) is 52.4 Å². The van der Waals surface area contributed by atoms with Crippen molar-refractivity contribution in [1.29, 1.82) is 0 Å². The van der Waals surface area contributed by atoms with Crippen molar-refractivity contribution < 1.29 is 14.6 Å². The highest BCUT2D eigenvalue weighted by atomic mass is 16.5. The molecule has 0 aliphatic rings. The Kier molecular flexibility index (Phi) is 9.09. The third-order valence-electron chi connectivity index (χ3n) is 3.28. The molecular weight excluding hydrogens is 218 g/mol. The van der Waals surface area contributed by atoms with Gasteiger partial charge in [0.25, 0.3) is 0 Å². The van der Waals surface area contributed by atoms with E-state index in [-0.39, 0.29) is 0 Å². The Morgan fingerprint density at radius 3 is 2.35 bits per heavy atom. The summed E-state index contributed by atoms with van der Waals surface area (Å²) in [7, 11) is 1.71. The van der Waals surface area contributed by atoms with Gasteiger partial charge >= 0.3 is 5.97 Å². The van der Waals surface area contributed by atoms with Crippen LogP contribution >= 0.6 is 0 Å². The predicted octanol–water partition coefficient (Wildman–Crippen LogP) is 2.43. The van der Waals surface area contributed by atoms with E-state index in [1.165, 1.54) is 12.8 Å². The second kappa shape index (κ2) is 9.42. The first-order valence-electron chi connectivity index (χ1n) is 6.63. The lowest BCUT2D eigenvalue weighted by atomic mass is 9.91. The van der Waals surface area contributed by atoms with E-state index >= 15 is 0 Å². The molecule has 102 valence electrons. The average Bonchev–Trinajstić information content (AvgIpc) is 2.33. The molecule has 4 nitrogen and oxygen atoms in total. The highest BCUT2D eigenvalue weighted by Gasteiger charge is 2.33. The highest BCUT2D eigenvalue weighted by molar-refractivity contribution is 5.78. The molecule has 0 radical (unpaired) electrons. The summed E-state index contributed by atoms with van der Waals surface area (Å²) >= 11 is 0. The summed E-state index contributed by atoms with van der Waals surface area (Å²) in [5.41, 5.74) is -0.785. The van der Waals surface area contributed by atoms with Gasteiger partial charge in [-0.25, -0.2) is 0 Å². The van der Waals surface area contributed by atoms with Crippen molar-refractivity contribution in [3.05, 3.63) is 0 Å². The molecule has 0 aromatic rings. The molecule has 2 N–H and O–H groups in total. The molecule has 0 aliphatic carbocycles. The van der Waals surface area contributed by atoms with Crippen LogP contribution in [0.15, 0.2) is 0 Å². The topological polar surface area (TPSA) is 58.6 Å². The molecule has 0 aromatic heterocycles. The molecule has 1 unspecified atom stereocenters. The molecule has 0 amide bonds. The zero-order chi connectivity index (χ0) is 13.1. The number of unbranched alkanes of at least 4 members (excludes halogenated alkanes) is 2. The molecule has 1 atom stereocenters. The van der Waals surface area contributed by atoms with Gasteiger partial charge in [0.1, 0.15) is 5.54 Å².